The van der Waals surface area contributed by atoms with Crippen molar-refractivity contribution in [2.45, 2.75) is 6.42 Å². The van der Waals surface area contributed by atoms with Gasteiger partial charge in [-0.1, -0.05) is 6.07 Å². The molecule has 4 heteroatoms. The minimum atomic E-state index is -1.04. The van der Waals surface area contributed by atoms with Crippen molar-refractivity contribution in [1.29, 1.82) is 0 Å². The van der Waals surface area contributed by atoms with Crippen LogP contribution in [0.3, 0.4) is 0 Å². The molecule has 0 aliphatic carbocycles. The predicted octanol–water partition coefficient (Wildman–Crippen LogP) is -1.77. The molecule has 1 aromatic rings. The Morgan fingerprint density at radius 2 is 2.46 bits per heavy atom. The van der Waals surface area contributed by atoms with Crippen LogP contribution in [0.5, 0.6) is 0 Å². The molecule has 1 heterocycles. The number of carbonyl (C=O) groups excluding carboxylic acids is 1. The van der Waals surface area contributed by atoms with Crippen molar-refractivity contribution in [3.05, 3.63) is 30.1 Å². The summed E-state index contributed by atoms with van der Waals surface area (Å²) < 4.78 is 0. The van der Waals surface area contributed by atoms with Gasteiger partial charge in [-0.15, -0.1) is 0 Å². The van der Waals surface area contributed by atoms with Gasteiger partial charge < -0.3 is 15.6 Å². The largest absolute Gasteiger partial charge is 0.550 e. The molecule has 1 aromatic heterocycles. The van der Waals surface area contributed by atoms with E-state index in [0.717, 1.165) is 5.56 Å². The van der Waals surface area contributed by atoms with Gasteiger partial charge in [0.15, 0.2) is 0 Å². The Morgan fingerprint density at radius 3 is 2.92 bits per heavy atom. The van der Waals surface area contributed by atoms with E-state index in [1.807, 2.05) is 6.07 Å². The maximum absolute atomic E-state index is 10.6. The second-order valence-corrected chi connectivity index (χ2v) is 2.87. The summed E-state index contributed by atoms with van der Waals surface area (Å²) in [5.74, 6) is -1.55. The molecule has 0 unspecified atom stereocenters. The van der Waals surface area contributed by atoms with Gasteiger partial charge in [0.1, 0.15) is 0 Å². The van der Waals surface area contributed by atoms with E-state index in [1.165, 1.54) is 0 Å². The van der Waals surface area contributed by atoms with Gasteiger partial charge in [-0.25, -0.2) is 0 Å². The normalized spacial score (nSPS) is 12.4. The van der Waals surface area contributed by atoms with Crippen LogP contribution < -0.4 is 10.8 Å². The number of rotatable bonds is 4. The lowest BCUT2D eigenvalue weighted by molar-refractivity contribution is -0.387. The molecular weight excluding hydrogens is 168 g/mol. The Labute approximate surface area is 76.4 Å². The molecule has 0 saturated heterocycles. The number of aromatic nitrogens is 1. The number of hydrogen-bond donors (Lipinski definition) is 1. The zero-order valence-electron chi connectivity index (χ0n) is 7.27. The third-order valence-electron chi connectivity index (χ3n) is 1.89. The molecule has 70 valence electrons. The SMILES string of the molecule is [NH3+]C[C@H](Cc1cccnc1)C(=O)[O-]. The average Bonchev–Trinajstić information content (AvgIpc) is 2.15. The lowest BCUT2D eigenvalue weighted by atomic mass is 10.0. The Balaban J connectivity index is 2.62. The lowest BCUT2D eigenvalue weighted by Crippen LogP contribution is -2.57. The molecule has 13 heavy (non-hydrogen) atoms. The maximum Gasteiger partial charge on any atom is 0.0824 e. The van der Waals surface area contributed by atoms with Gasteiger partial charge >= 0.3 is 0 Å². The van der Waals surface area contributed by atoms with E-state index < -0.39 is 11.9 Å². The van der Waals surface area contributed by atoms with Gasteiger partial charge in [-0.05, 0) is 18.1 Å². The zero-order valence-corrected chi connectivity index (χ0v) is 7.27. The Morgan fingerprint density at radius 1 is 1.69 bits per heavy atom. The highest BCUT2D eigenvalue weighted by Crippen LogP contribution is 2.04. The van der Waals surface area contributed by atoms with Gasteiger partial charge in [0.05, 0.1) is 18.4 Å². The smallest absolute Gasteiger partial charge is 0.0824 e. The molecule has 0 saturated carbocycles. The van der Waals surface area contributed by atoms with E-state index in [9.17, 15) is 9.90 Å². The van der Waals surface area contributed by atoms with Crippen LogP contribution in [-0.2, 0) is 11.2 Å². The monoisotopic (exact) mass is 180 g/mol. The van der Waals surface area contributed by atoms with Crippen LogP contribution in [0.15, 0.2) is 24.5 Å². The first-order valence-electron chi connectivity index (χ1n) is 4.13. The summed E-state index contributed by atoms with van der Waals surface area (Å²) >= 11 is 0. The third-order valence-corrected chi connectivity index (χ3v) is 1.89. The molecule has 0 fully saturated rings. The number of carboxylic acid groups (broad SMARTS) is 1. The van der Waals surface area contributed by atoms with Crippen LogP contribution >= 0.6 is 0 Å². The number of quaternary nitrogens is 1. The van der Waals surface area contributed by atoms with Crippen molar-refractivity contribution < 1.29 is 15.6 Å². The summed E-state index contributed by atoms with van der Waals surface area (Å²) in [7, 11) is 0. The number of hydrogen-bond acceptors (Lipinski definition) is 3. The first kappa shape index (κ1) is 9.67. The van der Waals surface area contributed by atoms with Crippen LogP contribution in [0.4, 0.5) is 0 Å². The van der Waals surface area contributed by atoms with Crippen molar-refractivity contribution in [1.82, 2.24) is 4.98 Å². The minimum Gasteiger partial charge on any atom is -0.550 e. The summed E-state index contributed by atoms with van der Waals surface area (Å²) in [6.45, 7) is 0.344. The van der Waals surface area contributed by atoms with Gasteiger partial charge in [0, 0.05) is 12.4 Å². The van der Waals surface area contributed by atoms with Crippen molar-refractivity contribution >= 4 is 5.97 Å². The van der Waals surface area contributed by atoms with Crippen LogP contribution in [-0.4, -0.2) is 17.5 Å². The fourth-order valence-electron chi connectivity index (χ4n) is 1.11. The summed E-state index contributed by atoms with van der Waals surface area (Å²) in [5, 5.41) is 10.6. The minimum absolute atomic E-state index is 0.344. The maximum atomic E-state index is 10.6. The molecule has 0 bridgehead atoms. The number of nitrogens with zero attached hydrogens (tertiary/aromatic N) is 1. The molecule has 1 atom stereocenters. The van der Waals surface area contributed by atoms with Gasteiger partial charge in [-0.3, -0.25) is 4.98 Å². The fraction of sp³-hybridized carbons (Fsp3) is 0.333. The fourth-order valence-corrected chi connectivity index (χ4v) is 1.11. The van der Waals surface area contributed by atoms with Crippen LogP contribution in [0, 0.1) is 5.92 Å². The highest BCUT2D eigenvalue weighted by atomic mass is 16.4. The Kier molecular flexibility index (Phi) is 3.40. The molecule has 0 aliphatic heterocycles. The predicted molar refractivity (Wildman–Crippen MR) is 44.2 cm³/mol. The van der Waals surface area contributed by atoms with Crippen molar-refractivity contribution in [2.75, 3.05) is 6.54 Å². The first-order chi connectivity index (χ1) is 6.24. The number of aliphatic carboxylic acids is 1. The quantitative estimate of drug-likeness (QED) is 0.595. The highest BCUT2D eigenvalue weighted by Gasteiger charge is 2.10. The van der Waals surface area contributed by atoms with E-state index >= 15 is 0 Å². The van der Waals surface area contributed by atoms with Gasteiger partial charge in [0.25, 0.3) is 0 Å². The third kappa shape index (κ3) is 2.83. The molecule has 0 spiro atoms. The number of pyridine rings is 1. The molecule has 1 rings (SSSR count). The average molecular weight is 180 g/mol. The summed E-state index contributed by atoms with van der Waals surface area (Å²) in [6, 6.07) is 3.63. The second-order valence-electron chi connectivity index (χ2n) is 2.87. The van der Waals surface area contributed by atoms with Crippen LogP contribution in [0.25, 0.3) is 0 Å². The molecular formula is C9H12N2O2. The van der Waals surface area contributed by atoms with E-state index in [2.05, 4.69) is 10.7 Å². The number of carbonyl (C=O) groups is 1. The van der Waals surface area contributed by atoms with E-state index in [-0.39, 0.29) is 0 Å². The molecule has 3 N–H and O–H groups in total. The Bertz CT molecular complexity index is 274. The van der Waals surface area contributed by atoms with Crippen LogP contribution in [0.1, 0.15) is 5.56 Å². The zero-order chi connectivity index (χ0) is 9.68. The summed E-state index contributed by atoms with van der Waals surface area (Å²) in [6.07, 6.45) is 3.76. The van der Waals surface area contributed by atoms with Crippen molar-refractivity contribution in [3.63, 3.8) is 0 Å². The summed E-state index contributed by atoms with van der Waals surface area (Å²) in [5.41, 5.74) is 4.47. The van der Waals surface area contributed by atoms with Crippen molar-refractivity contribution in [3.8, 4) is 0 Å². The molecule has 4 nitrogen and oxygen atoms in total. The first-order valence-corrected chi connectivity index (χ1v) is 4.13. The lowest BCUT2D eigenvalue weighted by Gasteiger charge is -2.12. The molecule has 0 aromatic carbocycles. The molecule has 0 amide bonds. The Hall–Kier alpha value is -1.42. The van der Waals surface area contributed by atoms with E-state index in [4.69, 9.17) is 0 Å². The highest BCUT2D eigenvalue weighted by molar-refractivity contribution is 5.68. The van der Waals surface area contributed by atoms with Gasteiger partial charge in [0.2, 0.25) is 0 Å². The molecule has 0 aliphatic rings. The van der Waals surface area contributed by atoms with Crippen LogP contribution in [0.2, 0.25) is 0 Å². The standard InChI is InChI=1S/C9H12N2O2/c10-5-8(9(12)13)4-7-2-1-3-11-6-7/h1-3,6,8H,4-5,10H2,(H,12,13)/t8-/m0/s1. The van der Waals surface area contributed by atoms with E-state index in [1.54, 1.807) is 18.5 Å². The molecule has 0 radical (unpaired) electrons. The van der Waals surface area contributed by atoms with Crippen molar-refractivity contribution in [2.24, 2.45) is 5.92 Å². The topological polar surface area (TPSA) is 80.7 Å². The van der Waals surface area contributed by atoms with E-state index in [0.29, 0.717) is 13.0 Å². The van der Waals surface area contributed by atoms with Gasteiger partial charge in [-0.2, -0.15) is 0 Å². The second kappa shape index (κ2) is 4.57. The summed E-state index contributed by atoms with van der Waals surface area (Å²) in [4.78, 5) is 14.5. The number of carboxylic acids is 1.